The molecule has 2 N–H and O–H groups in total. The number of thioether (sulfide) groups is 6. The van der Waals surface area contributed by atoms with Gasteiger partial charge in [-0.05, 0) is 263 Å². The number of aliphatic hydroxyl groups excluding tert-OH is 2. The van der Waals surface area contributed by atoms with Gasteiger partial charge in [0.2, 0.25) is 0 Å². The molecule has 14 nitrogen and oxygen atoms in total. The molecule has 0 heterocycles. The third-order valence-corrected chi connectivity index (χ3v) is 23.9. The molecule has 0 aliphatic carbocycles. The van der Waals surface area contributed by atoms with Gasteiger partial charge in [-0.3, -0.25) is 28.8 Å². The molecular weight excluding hydrogens is 1350 g/mol. The summed E-state index contributed by atoms with van der Waals surface area (Å²) in [4.78, 5) is 76.9. The van der Waals surface area contributed by atoms with Gasteiger partial charge in [0.05, 0.1) is 62.3 Å². The Morgan fingerprint density at radius 3 is 0.796 bits per heavy atom. The molecule has 0 bridgehead atoms. The molecule has 0 saturated heterocycles. The number of ether oxygens (including phenoxy) is 6. The first-order valence-corrected chi connectivity index (χ1v) is 46.0. The van der Waals surface area contributed by atoms with Crippen molar-refractivity contribution in [2.75, 3.05) is 97.2 Å². The van der Waals surface area contributed by atoms with Crippen molar-refractivity contribution in [1.29, 1.82) is 0 Å². The molecule has 0 aliphatic heterocycles. The lowest BCUT2D eigenvalue weighted by Crippen LogP contribution is -2.22. The Kier molecular flexibility index (Phi) is 71.9. The number of carbonyl (C=O) groups excluding carboxylic acids is 6. The second kappa shape index (κ2) is 72.8. The van der Waals surface area contributed by atoms with Crippen molar-refractivity contribution >= 4 is 106 Å². The standard InChI is InChI=1S/C78H146O14S6/c1-65(2)91-77(85)71(41-33-53-87-73(81)47-21-23-51-89-75(83)69(39-31-49-79)43-35-59-93-55-27-17-11-13-19-29-63-97-67(5)6)45-37-61-95-57-25-15-9-10-16-26-58-96-62-38-46-72(78(86)92-66(3)4)42-34-54-88-74(82)48-22-24-52-90-76(84)70(40-32-50-80)44-36-60-94-56-28-18-12-14-20-30-64-98-68(7)8/h65-72,79-80H,9-64H2,1-8H3. The minimum absolute atomic E-state index is 0.0639. The van der Waals surface area contributed by atoms with Gasteiger partial charge in [-0.15, -0.1) is 0 Å². The second-order valence-electron chi connectivity index (χ2n) is 27.7. The zero-order valence-electron chi connectivity index (χ0n) is 63.5. The van der Waals surface area contributed by atoms with Gasteiger partial charge in [-0.2, -0.15) is 70.6 Å². The van der Waals surface area contributed by atoms with E-state index in [1.165, 1.54) is 139 Å². The molecule has 0 aromatic carbocycles. The molecule has 0 amide bonds. The van der Waals surface area contributed by atoms with E-state index >= 15 is 0 Å². The Balaban J connectivity index is 4.21. The second-order valence-corrected chi connectivity index (χ2v) is 36.0. The molecule has 98 heavy (non-hydrogen) atoms. The topological polar surface area (TPSA) is 198 Å². The smallest absolute Gasteiger partial charge is 0.309 e. The predicted molar refractivity (Wildman–Crippen MR) is 424 cm³/mol. The van der Waals surface area contributed by atoms with Crippen LogP contribution in [0.3, 0.4) is 0 Å². The summed E-state index contributed by atoms with van der Waals surface area (Å²) in [6.45, 7) is 17.7. The summed E-state index contributed by atoms with van der Waals surface area (Å²) >= 11 is 12.0. The van der Waals surface area contributed by atoms with E-state index in [9.17, 15) is 39.0 Å². The maximum absolute atomic E-state index is 13.0. The van der Waals surface area contributed by atoms with Crippen LogP contribution in [0.15, 0.2) is 0 Å². The van der Waals surface area contributed by atoms with Gasteiger partial charge < -0.3 is 38.6 Å². The van der Waals surface area contributed by atoms with E-state index in [2.05, 4.69) is 51.2 Å². The quantitative estimate of drug-likeness (QED) is 0.0331. The Morgan fingerprint density at radius 1 is 0.265 bits per heavy atom. The van der Waals surface area contributed by atoms with Crippen LogP contribution >= 0.6 is 70.6 Å². The first kappa shape index (κ1) is 96.8. The highest BCUT2D eigenvalue weighted by molar-refractivity contribution is 8.00. The van der Waals surface area contributed by atoms with Crippen LogP contribution in [0, 0.1) is 23.7 Å². The molecule has 0 radical (unpaired) electrons. The number of aliphatic hydroxyl groups is 2. The lowest BCUT2D eigenvalue weighted by Gasteiger charge is -2.18. The van der Waals surface area contributed by atoms with Crippen molar-refractivity contribution in [3.63, 3.8) is 0 Å². The van der Waals surface area contributed by atoms with Crippen LogP contribution in [0.4, 0.5) is 0 Å². The lowest BCUT2D eigenvalue weighted by atomic mass is 9.98. The molecule has 0 saturated carbocycles. The normalized spacial score (nSPS) is 12.9. The number of hydrogen-bond acceptors (Lipinski definition) is 20. The summed E-state index contributed by atoms with van der Waals surface area (Å²) in [5, 5.41) is 20.3. The van der Waals surface area contributed by atoms with Gasteiger partial charge in [0, 0.05) is 26.1 Å². The highest BCUT2D eigenvalue weighted by Crippen LogP contribution is 2.25. The predicted octanol–water partition coefficient (Wildman–Crippen LogP) is 20.3. The van der Waals surface area contributed by atoms with Crippen LogP contribution in [0.25, 0.3) is 0 Å². The van der Waals surface area contributed by atoms with Crippen molar-refractivity contribution < 1.29 is 67.4 Å². The fourth-order valence-electron chi connectivity index (χ4n) is 11.3. The maximum atomic E-state index is 13.0. The van der Waals surface area contributed by atoms with Crippen molar-refractivity contribution in [3.8, 4) is 0 Å². The highest BCUT2D eigenvalue weighted by atomic mass is 32.2. The van der Waals surface area contributed by atoms with Crippen molar-refractivity contribution in [1.82, 2.24) is 0 Å². The monoisotopic (exact) mass is 1500 g/mol. The number of hydrogen-bond donors (Lipinski definition) is 2. The molecular formula is C78H146O14S6. The van der Waals surface area contributed by atoms with Crippen LogP contribution in [0.1, 0.15) is 312 Å². The van der Waals surface area contributed by atoms with Gasteiger partial charge in [0.1, 0.15) is 0 Å². The Bertz CT molecular complexity index is 1720. The van der Waals surface area contributed by atoms with Crippen molar-refractivity contribution in [3.05, 3.63) is 0 Å². The molecule has 4 atom stereocenters. The fraction of sp³-hybridized carbons (Fsp3) is 0.923. The van der Waals surface area contributed by atoms with Crippen LogP contribution in [-0.2, 0) is 57.2 Å². The van der Waals surface area contributed by atoms with Gasteiger partial charge in [-0.1, -0.05) is 105 Å². The van der Waals surface area contributed by atoms with E-state index in [1.54, 1.807) is 0 Å². The first-order chi connectivity index (χ1) is 47.5. The minimum atomic E-state index is -0.275. The van der Waals surface area contributed by atoms with Crippen molar-refractivity contribution in [2.45, 2.75) is 335 Å². The lowest BCUT2D eigenvalue weighted by molar-refractivity contribution is -0.154. The third kappa shape index (κ3) is 66.8. The molecule has 0 aromatic rings. The number of carbonyl (C=O) groups is 6. The van der Waals surface area contributed by atoms with E-state index in [1.807, 2.05) is 74.7 Å². The molecule has 0 aromatic heterocycles. The molecule has 20 heteroatoms. The molecule has 0 aliphatic rings. The third-order valence-electron chi connectivity index (χ3n) is 16.9. The zero-order chi connectivity index (χ0) is 72.2. The van der Waals surface area contributed by atoms with E-state index in [0.717, 1.165) is 96.4 Å². The van der Waals surface area contributed by atoms with Crippen LogP contribution in [0.2, 0.25) is 0 Å². The Labute approximate surface area is 625 Å². The molecule has 4 unspecified atom stereocenters. The van der Waals surface area contributed by atoms with Gasteiger partial charge in [0.15, 0.2) is 0 Å². The average molecular weight is 1500 g/mol. The van der Waals surface area contributed by atoms with Crippen LogP contribution in [-0.4, -0.2) is 166 Å². The minimum Gasteiger partial charge on any atom is -0.466 e. The summed E-state index contributed by atoms with van der Waals surface area (Å²) in [6.07, 6.45) is 37.2. The summed E-state index contributed by atoms with van der Waals surface area (Å²) in [5.41, 5.74) is 0. The highest BCUT2D eigenvalue weighted by Gasteiger charge is 2.24. The summed E-state index contributed by atoms with van der Waals surface area (Å²) < 4.78 is 33.5. The van der Waals surface area contributed by atoms with Gasteiger partial charge in [-0.25, -0.2) is 0 Å². The number of rotatable bonds is 75. The summed E-state index contributed by atoms with van der Waals surface area (Å²) in [6, 6.07) is 0. The van der Waals surface area contributed by atoms with Crippen molar-refractivity contribution in [2.24, 2.45) is 23.7 Å². The number of unbranched alkanes of at least 4 members (excludes halogenated alkanes) is 17. The Hall–Kier alpha value is -1.16. The molecule has 578 valence electrons. The SMILES string of the molecule is CC(C)OC(=O)C(CCCOC(=O)CCCCOC(=O)C(CCCO)CCCSCCCCCCCCSC(C)C)CCCSCCCCCCCCSCCCC(CCCOC(=O)CCCCOC(=O)C(CCCO)CCCSCCCCCCCCSC(C)C)C(=O)OC(C)C. The summed E-state index contributed by atoms with van der Waals surface area (Å²) in [7, 11) is 0. The number of esters is 6. The van der Waals surface area contributed by atoms with E-state index in [4.69, 9.17) is 28.4 Å². The van der Waals surface area contributed by atoms with Crippen LogP contribution < -0.4 is 0 Å². The largest absolute Gasteiger partial charge is 0.466 e. The van der Waals surface area contributed by atoms with E-state index in [-0.39, 0.29) is 124 Å². The van der Waals surface area contributed by atoms with Crippen LogP contribution in [0.5, 0.6) is 0 Å². The van der Waals surface area contributed by atoms with Gasteiger partial charge in [0.25, 0.3) is 0 Å². The van der Waals surface area contributed by atoms with Gasteiger partial charge >= 0.3 is 35.8 Å². The zero-order valence-corrected chi connectivity index (χ0v) is 68.4. The first-order valence-electron chi connectivity index (χ1n) is 39.3. The molecule has 0 spiro atoms. The fourth-order valence-corrected chi connectivity index (χ4v) is 16.9. The van der Waals surface area contributed by atoms with E-state index in [0.29, 0.717) is 77.0 Å². The molecule has 0 rings (SSSR count). The van der Waals surface area contributed by atoms with E-state index < -0.39 is 0 Å². The summed E-state index contributed by atoms with van der Waals surface area (Å²) in [5.74, 6) is 9.07. The molecule has 0 fully saturated rings. The average Bonchev–Trinajstić information content (AvgIpc) is 2.08. The maximum Gasteiger partial charge on any atom is 0.309 e. The Morgan fingerprint density at radius 2 is 0.510 bits per heavy atom.